The minimum atomic E-state index is -4.70. The number of rotatable bonds is 5. The average molecular weight is 313 g/mol. The Morgan fingerprint density at radius 1 is 1.23 bits per heavy atom. The van der Waals surface area contributed by atoms with Crippen LogP contribution in [-0.4, -0.2) is 18.8 Å². The lowest BCUT2D eigenvalue weighted by Crippen LogP contribution is -2.25. The van der Waals surface area contributed by atoms with Gasteiger partial charge in [-0.2, -0.15) is 0 Å². The molecule has 4 nitrogen and oxygen atoms in total. The largest absolute Gasteiger partial charge is 0.573 e. The van der Waals surface area contributed by atoms with E-state index >= 15 is 0 Å². The topological polar surface area (TPSA) is 51.5 Å². The Balaban J connectivity index is 1.82. The Morgan fingerprint density at radius 3 is 2.45 bits per heavy atom. The fourth-order valence-electron chi connectivity index (χ4n) is 1.89. The molecular weight excluding hydrogens is 299 g/mol. The van der Waals surface area contributed by atoms with Crippen molar-refractivity contribution in [1.29, 1.82) is 0 Å². The molecule has 0 aliphatic heterocycles. The number of nitrogens with one attached hydrogen (secondary N) is 1. The standard InChI is InChI=1S/C15H14F3NO3/c1-10-13(7-9-21-10)14(20)19-8-6-11-2-4-12(5-3-11)22-15(16,17)18/h2-5,7,9H,6,8H2,1H3,(H,19,20). The molecule has 0 radical (unpaired) electrons. The quantitative estimate of drug-likeness (QED) is 0.919. The van der Waals surface area contributed by atoms with Crippen LogP contribution < -0.4 is 10.1 Å². The van der Waals surface area contributed by atoms with Crippen molar-refractivity contribution in [2.24, 2.45) is 0 Å². The van der Waals surface area contributed by atoms with E-state index in [-0.39, 0.29) is 11.7 Å². The summed E-state index contributed by atoms with van der Waals surface area (Å²) in [6.45, 7) is 2.05. The van der Waals surface area contributed by atoms with Crippen LogP contribution in [0, 0.1) is 6.92 Å². The summed E-state index contributed by atoms with van der Waals surface area (Å²) in [5, 5.41) is 2.72. The number of ether oxygens (including phenoxy) is 1. The van der Waals surface area contributed by atoms with Crippen LogP contribution in [0.3, 0.4) is 0 Å². The first kappa shape index (κ1) is 15.9. The van der Waals surface area contributed by atoms with E-state index in [0.717, 1.165) is 5.56 Å². The van der Waals surface area contributed by atoms with Crippen molar-refractivity contribution >= 4 is 5.91 Å². The van der Waals surface area contributed by atoms with Crippen molar-refractivity contribution in [3.05, 3.63) is 53.5 Å². The van der Waals surface area contributed by atoms with Gasteiger partial charge in [0.2, 0.25) is 0 Å². The first-order valence-corrected chi connectivity index (χ1v) is 6.52. The molecule has 0 saturated carbocycles. The normalized spacial score (nSPS) is 11.3. The maximum Gasteiger partial charge on any atom is 0.573 e. The second-order valence-corrected chi connectivity index (χ2v) is 4.59. The molecule has 1 heterocycles. The van der Waals surface area contributed by atoms with Crippen LogP contribution in [0.5, 0.6) is 5.75 Å². The van der Waals surface area contributed by atoms with Crippen LogP contribution in [-0.2, 0) is 6.42 Å². The molecule has 0 aliphatic rings. The molecule has 0 fully saturated rings. The fourth-order valence-corrected chi connectivity index (χ4v) is 1.89. The molecular formula is C15H14F3NO3. The van der Waals surface area contributed by atoms with Gasteiger partial charge in [-0.25, -0.2) is 0 Å². The van der Waals surface area contributed by atoms with Gasteiger partial charge >= 0.3 is 6.36 Å². The van der Waals surface area contributed by atoms with Crippen molar-refractivity contribution in [2.45, 2.75) is 19.7 Å². The molecule has 1 aromatic heterocycles. The summed E-state index contributed by atoms with van der Waals surface area (Å²) in [4.78, 5) is 11.8. The molecule has 0 aliphatic carbocycles. The monoisotopic (exact) mass is 313 g/mol. The van der Waals surface area contributed by atoms with Gasteiger partial charge in [-0.1, -0.05) is 12.1 Å². The Morgan fingerprint density at radius 2 is 1.91 bits per heavy atom. The second kappa shape index (κ2) is 6.55. The Bertz CT molecular complexity index is 632. The smallest absolute Gasteiger partial charge is 0.469 e. The van der Waals surface area contributed by atoms with E-state index in [1.165, 1.54) is 30.5 Å². The van der Waals surface area contributed by atoms with Crippen molar-refractivity contribution in [2.75, 3.05) is 6.54 Å². The summed E-state index contributed by atoms with van der Waals surface area (Å²) in [5.74, 6) is 0.0173. The van der Waals surface area contributed by atoms with Gasteiger partial charge in [0.05, 0.1) is 11.8 Å². The molecule has 7 heteroatoms. The van der Waals surface area contributed by atoms with Gasteiger partial charge in [0.15, 0.2) is 0 Å². The minimum Gasteiger partial charge on any atom is -0.469 e. The van der Waals surface area contributed by atoms with E-state index in [1.807, 2.05) is 0 Å². The molecule has 2 aromatic rings. The lowest BCUT2D eigenvalue weighted by atomic mass is 10.1. The van der Waals surface area contributed by atoms with E-state index in [2.05, 4.69) is 10.1 Å². The highest BCUT2D eigenvalue weighted by atomic mass is 19.4. The summed E-state index contributed by atoms with van der Waals surface area (Å²) < 4.78 is 44.9. The molecule has 1 amide bonds. The third-order valence-corrected chi connectivity index (χ3v) is 2.96. The van der Waals surface area contributed by atoms with Gasteiger partial charge in [0.1, 0.15) is 11.5 Å². The highest BCUT2D eigenvalue weighted by Crippen LogP contribution is 2.22. The van der Waals surface area contributed by atoms with Gasteiger partial charge in [-0.3, -0.25) is 4.79 Å². The lowest BCUT2D eigenvalue weighted by Gasteiger charge is -2.09. The predicted octanol–water partition coefficient (Wildman–Crippen LogP) is 3.46. The number of alkyl halides is 3. The van der Waals surface area contributed by atoms with Crippen molar-refractivity contribution in [3.8, 4) is 5.75 Å². The van der Waals surface area contributed by atoms with E-state index in [4.69, 9.17) is 4.42 Å². The van der Waals surface area contributed by atoms with Gasteiger partial charge in [0.25, 0.3) is 5.91 Å². The van der Waals surface area contributed by atoms with E-state index in [1.54, 1.807) is 13.0 Å². The molecule has 118 valence electrons. The molecule has 0 unspecified atom stereocenters. The zero-order valence-corrected chi connectivity index (χ0v) is 11.7. The van der Waals surface area contributed by atoms with Crippen molar-refractivity contribution < 1.29 is 27.1 Å². The first-order chi connectivity index (χ1) is 10.3. The Labute approximate surface area is 124 Å². The van der Waals surface area contributed by atoms with E-state index in [0.29, 0.717) is 24.3 Å². The zero-order valence-electron chi connectivity index (χ0n) is 11.7. The number of hydrogen-bond acceptors (Lipinski definition) is 3. The summed E-state index contributed by atoms with van der Waals surface area (Å²) in [6, 6.07) is 7.11. The number of benzene rings is 1. The highest BCUT2D eigenvalue weighted by Gasteiger charge is 2.30. The third kappa shape index (κ3) is 4.54. The molecule has 2 rings (SSSR count). The average Bonchev–Trinajstić information content (AvgIpc) is 2.85. The number of carbonyl (C=O) groups is 1. The summed E-state index contributed by atoms with van der Waals surface area (Å²) in [5.41, 5.74) is 1.26. The van der Waals surface area contributed by atoms with Crippen LogP contribution in [0.4, 0.5) is 13.2 Å². The number of carbonyl (C=O) groups excluding carboxylic acids is 1. The minimum absolute atomic E-state index is 0.247. The fraction of sp³-hybridized carbons (Fsp3) is 0.267. The summed E-state index contributed by atoms with van der Waals surface area (Å²) in [7, 11) is 0. The van der Waals surface area contributed by atoms with Crippen LogP contribution in [0.2, 0.25) is 0 Å². The molecule has 0 spiro atoms. The van der Waals surface area contributed by atoms with Crippen molar-refractivity contribution in [3.63, 3.8) is 0 Å². The van der Waals surface area contributed by atoms with Gasteiger partial charge in [-0.05, 0) is 37.1 Å². The first-order valence-electron chi connectivity index (χ1n) is 6.52. The molecule has 0 atom stereocenters. The van der Waals surface area contributed by atoms with E-state index < -0.39 is 6.36 Å². The Kier molecular flexibility index (Phi) is 4.75. The van der Waals surface area contributed by atoms with Crippen LogP contribution in [0.1, 0.15) is 21.7 Å². The molecule has 0 bridgehead atoms. The third-order valence-electron chi connectivity index (χ3n) is 2.96. The molecule has 1 N–H and O–H groups in total. The summed E-state index contributed by atoms with van der Waals surface area (Å²) >= 11 is 0. The lowest BCUT2D eigenvalue weighted by molar-refractivity contribution is -0.274. The van der Waals surface area contributed by atoms with Gasteiger partial charge in [0, 0.05) is 6.54 Å². The van der Waals surface area contributed by atoms with Gasteiger partial charge < -0.3 is 14.5 Å². The maximum atomic E-state index is 12.0. The number of hydrogen-bond donors (Lipinski definition) is 1. The van der Waals surface area contributed by atoms with Crippen LogP contribution >= 0.6 is 0 Å². The number of halogens is 3. The van der Waals surface area contributed by atoms with Crippen LogP contribution in [0.15, 0.2) is 41.0 Å². The number of furan rings is 1. The molecule has 1 aromatic carbocycles. The van der Waals surface area contributed by atoms with Crippen molar-refractivity contribution in [1.82, 2.24) is 5.32 Å². The van der Waals surface area contributed by atoms with Gasteiger partial charge in [-0.15, -0.1) is 13.2 Å². The summed E-state index contributed by atoms with van der Waals surface area (Å²) in [6.07, 6.45) is -2.77. The van der Waals surface area contributed by atoms with Crippen LogP contribution in [0.25, 0.3) is 0 Å². The van der Waals surface area contributed by atoms with E-state index in [9.17, 15) is 18.0 Å². The highest BCUT2D eigenvalue weighted by molar-refractivity contribution is 5.95. The molecule has 0 saturated heterocycles. The SMILES string of the molecule is Cc1occc1C(=O)NCCc1ccc(OC(F)(F)F)cc1. The Hall–Kier alpha value is -2.44. The number of aryl methyl sites for hydroxylation is 1. The molecule has 22 heavy (non-hydrogen) atoms. The number of amides is 1. The second-order valence-electron chi connectivity index (χ2n) is 4.59. The maximum absolute atomic E-state index is 12.0. The zero-order chi connectivity index (χ0) is 16.2. The predicted molar refractivity (Wildman–Crippen MR) is 72.6 cm³/mol.